The minimum absolute atomic E-state index is 0.136. The van der Waals surface area contributed by atoms with E-state index in [1.807, 2.05) is 18.2 Å². The van der Waals surface area contributed by atoms with Crippen LogP contribution in [0.25, 0.3) is 0 Å². The van der Waals surface area contributed by atoms with Crippen LogP contribution in [-0.2, 0) is 16.4 Å². The Balaban J connectivity index is 2.17. The molecule has 0 atom stereocenters. The molecular formula is C16H20N4O4S. The van der Waals surface area contributed by atoms with Gasteiger partial charge in [-0.2, -0.15) is 0 Å². The monoisotopic (exact) mass is 364 g/mol. The SMILES string of the molecule is CC(C)NS(=O)(=O)c1ccc(NCCc2ccccn2)c([N+](=O)[O-])c1. The van der Waals surface area contributed by atoms with Crippen LogP contribution in [0.15, 0.2) is 47.5 Å². The maximum absolute atomic E-state index is 12.2. The van der Waals surface area contributed by atoms with Gasteiger partial charge in [0, 0.05) is 37.0 Å². The van der Waals surface area contributed by atoms with Crippen LogP contribution in [0.3, 0.4) is 0 Å². The first-order chi connectivity index (χ1) is 11.8. The summed E-state index contributed by atoms with van der Waals surface area (Å²) >= 11 is 0. The Bertz CT molecular complexity index is 838. The first kappa shape index (κ1) is 18.8. The van der Waals surface area contributed by atoms with Crippen molar-refractivity contribution >= 4 is 21.4 Å². The second-order valence-corrected chi connectivity index (χ2v) is 7.42. The number of nitrogens with zero attached hydrogens (tertiary/aromatic N) is 2. The van der Waals surface area contributed by atoms with E-state index in [0.717, 1.165) is 11.8 Å². The highest BCUT2D eigenvalue weighted by Crippen LogP contribution is 2.27. The van der Waals surface area contributed by atoms with E-state index >= 15 is 0 Å². The predicted octanol–water partition coefficient (Wildman–Crippen LogP) is 2.33. The van der Waals surface area contributed by atoms with Gasteiger partial charge in [0.2, 0.25) is 10.0 Å². The van der Waals surface area contributed by atoms with Crippen LogP contribution in [-0.4, -0.2) is 30.9 Å². The van der Waals surface area contributed by atoms with Crippen molar-refractivity contribution in [3.63, 3.8) is 0 Å². The summed E-state index contributed by atoms with van der Waals surface area (Å²) < 4.78 is 26.7. The van der Waals surface area contributed by atoms with Crippen molar-refractivity contribution in [3.8, 4) is 0 Å². The minimum atomic E-state index is -3.79. The Hall–Kier alpha value is -2.52. The number of nitro groups is 1. The molecule has 2 rings (SSSR count). The van der Waals surface area contributed by atoms with Crippen LogP contribution in [0.2, 0.25) is 0 Å². The molecule has 0 amide bonds. The topological polar surface area (TPSA) is 114 Å². The lowest BCUT2D eigenvalue weighted by Crippen LogP contribution is -2.30. The smallest absolute Gasteiger partial charge is 0.293 e. The van der Waals surface area contributed by atoms with Crippen LogP contribution in [0.4, 0.5) is 11.4 Å². The van der Waals surface area contributed by atoms with Gasteiger partial charge >= 0.3 is 0 Å². The highest BCUT2D eigenvalue weighted by atomic mass is 32.2. The Labute approximate surface area is 146 Å². The van der Waals surface area contributed by atoms with Crippen molar-refractivity contribution in [2.45, 2.75) is 31.2 Å². The van der Waals surface area contributed by atoms with Gasteiger partial charge in [-0.3, -0.25) is 15.1 Å². The van der Waals surface area contributed by atoms with Crippen LogP contribution in [0.1, 0.15) is 19.5 Å². The van der Waals surface area contributed by atoms with Crippen molar-refractivity contribution in [1.82, 2.24) is 9.71 Å². The van der Waals surface area contributed by atoms with Gasteiger partial charge in [0.15, 0.2) is 0 Å². The average molecular weight is 364 g/mol. The highest BCUT2D eigenvalue weighted by Gasteiger charge is 2.21. The van der Waals surface area contributed by atoms with Gasteiger partial charge in [0.25, 0.3) is 5.69 Å². The molecular weight excluding hydrogens is 344 g/mol. The third-order valence-electron chi connectivity index (χ3n) is 3.29. The lowest BCUT2D eigenvalue weighted by molar-refractivity contribution is -0.384. The molecule has 0 spiro atoms. The molecule has 0 radical (unpaired) electrons. The van der Waals surface area contributed by atoms with E-state index < -0.39 is 14.9 Å². The van der Waals surface area contributed by atoms with Gasteiger partial charge in [-0.1, -0.05) is 6.07 Å². The van der Waals surface area contributed by atoms with E-state index in [9.17, 15) is 18.5 Å². The first-order valence-electron chi connectivity index (χ1n) is 7.74. The van der Waals surface area contributed by atoms with Crippen LogP contribution in [0, 0.1) is 10.1 Å². The molecule has 2 N–H and O–H groups in total. The quantitative estimate of drug-likeness (QED) is 0.549. The third-order valence-corrected chi connectivity index (χ3v) is 4.95. The number of nitrogens with one attached hydrogen (secondary N) is 2. The molecule has 0 saturated heterocycles. The van der Waals surface area contributed by atoms with Crippen LogP contribution in [0.5, 0.6) is 0 Å². The first-order valence-corrected chi connectivity index (χ1v) is 9.22. The maximum Gasteiger partial charge on any atom is 0.293 e. The van der Waals surface area contributed by atoms with Crippen molar-refractivity contribution < 1.29 is 13.3 Å². The van der Waals surface area contributed by atoms with Gasteiger partial charge in [0.05, 0.1) is 9.82 Å². The van der Waals surface area contributed by atoms with Crippen molar-refractivity contribution in [3.05, 3.63) is 58.4 Å². The predicted molar refractivity (Wildman–Crippen MR) is 95.0 cm³/mol. The van der Waals surface area contributed by atoms with E-state index in [2.05, 4.69) is 15.0 Å². The molecule has 0 aliphatic carbocycles. The molecule has 1 aromatic carbocycles. The Morgan fingerprint density at radius 1 is 1.24 bits per heavy atom. The fourth-order valence-electron chi connectivity index (χ4n) is 2.23. The lowest BCUT2D eigenvalue weighted by Gasteiger charge is -2.11. The zero-order valence-electron chi connectivity index (χ0n) is 14.0. The molecule has 8 nitrogen and oxygen atoms in total. The number of hydrogen-bond donors (Lipinski definition) is 2. The number of hydrogen-bond acceptors (Lipinski definition) is 6. The lowest BCUT2D eigenvalue weighted by atomic mass is 10.2. The number of rotatable bonds is 8. The molecule has 1 heterocycles. The number of sulfonamides is 1. The maximum atomic E-state index is 12.2. The molecule has 2 aromatic rings. The standard InChI is InChI=1S/C16H20N4O4S/c1-12(2)19-25(23,24)14-6-7-15(16(11-14)20(21)22)18-10-8-13-5-3-4-9-17-13/h3-7,9,11-12,18-19H,8,10H2,1-2H3. The number of anilines is 1. The van der Waals surface area contributed by atoms with E-state index in [-0.39, 0.29) is 22.3 Å². The zero-order valence-corrected chi connectivity index (χ0v) is 14.8. The summed E-state index contributed by atoms with van der Waals surface area (Å²) in [5.41, 5.74) is 0.843. The Morgan fingerprint density at radius 3 is 2.60 bits per heavy atom. The fourth-order valence-corrected chi connectivity index (χ4v) is 3.50. The normalized spacial score (nSPS) is 11.5. The van der Waals surface area contributed by atoms with Gasteiger partial charge in [-0.05, 0) is 38.1 Å². The van der Waals surface area contributed by atoms with Crippen LogP contribution >= 0.6 is 0 Å². The van der Waals surface area contributed by atoms with Gasteiger partial charge in [0.1, 0.15) is 5.69 Å². The molecule has 0 saturated carbocycles. The molecule has 0 aliphatic rings. The summed E-state index contributed by atoms with van der Waals surface area (Å²) in [5, 5.41) is 14.3. The summed E-state index contributed by atoms with van der Waals surface area (Å²) in [6, 6.07) is 9.06. The number of benzene rings is 1. The molecule has 25 heavy (non-hydrogen) atoms. The molecule has 134 valence electrons. The second-order valence-electron chi connectivity index (χ2n) is 5.71. The summed E-state index contributed by atoms with van der Waals surface area (Å²) in [4.78, 5) is 14.7. The van der Waals surface area contributed by atoms with Crippen molar-refractivity contribution in [1.29, 1.82) is 0 Å². The van der Waals surface area contributed by atoms with E-state index in [1.54, 1.807) is 20.0 Å². The van der Waals surface area contributed by atoms with Gasteiger partial charge in [-0.15, -0.1) is 0 Å². The zero-order chi connectivity index (χ0) is 18.4. The van der Waals surface area contributed by atoms with Crippen molar-refractivity contribution in [2.24, 2.45) is 0 Å². The van der Waals surface area contributed by atoms with E-state index in [4.69, 9.17) is 0 Å². The number of nitro benzene ring substituents is 1. The molecule has 0 unspecified atom stereocenters. The number of aromatic nitrogens is 1. The Kier molecular flexibility index (Phi) is 6.05. The summed E-state index contributed by atoms with van der Waals surface area (Å²) in [6.07, 6.45) is 2.27. The molecule has 0 bridgehead atoms. The second kappa shape index (κ2) is 8.04. The third kappa shape index (κ3) is 5.23. The van der Waals surface area contributed by atoms with Crippen molar-refractivity contribution in [2.75, 3.05) is 11.9 Å². The average Bonchev–Trinajstić information content (AvgIpc) is 2.54. The van der Waals surface area contributed by atoms with Crippen LogP contribution < -0.4 is 10.0 Å². The molecule has 0 fully saturated rings. The Morgan fingerprint density at radius 2 is 2.00 bits per heavy atom. The summed E-state index contributed by atoms with van der Waals surface area (Å²) in [5.74, 6) is 0. The van der Waals surface area contributed by atoms with Gasteiger partial charge in [-0.25, -0.2) is 13.1 Å². The molecule has 0 aliphatic heterocycles. The highest BCUT2D eigenvalue weighted by molar-refractivity contribution is 7.89. The largest absolute Gasteiger partial charge is 0.379 e. The fraction of sp³-hybridized carbons (Fsp3) is 0.312. The summed E-state index contributed by atoms with van der Waals surface area (Å²) in [7, 11) is -3.79. The minimum Gasteiger partial charge on any atom is -0.379 e. The summed E-state index contributed by atoms with van der Waals surface area (Å²) in [6.45, 7) is 3.80. The van der Waals surface area contributed by atoms with E-state index in [0.29, 0.717) is 13.0 Å². The van der Waals surface area contributed by atoms with E-state index in [1.165, 1.54) is 12.1 Å². The van der Waals surface area contributed by atoms with Gasteiger partial charge < -0.3 is 5.32 Å². The molecule has 1 aromatic heterocycles. The number of pyridine rings is 1. The molecule has 9 heteroatoms.